The van der Waals surface area contributed by atoms with E-state index in [2.05, 4.69) is 0 Å². The zero-order valence-corrected chi connectivity index (χ0v) is 9.80. The van der Waals surface area contributed by atoms with Crippen LogP contribution in [-0.4, -0.2) is 0 Å². The fourth-order valence-electron chi connectivity index (χ4n) is 1.38. The van der Waals surface area contributed by atoms with Crippen LogP contribution in [0.1, 0.15) is 30.9 Å². The van der Waals surface area contributed by atoms with E-state index >= 15 is 0 Å². The lowest BCUT2D eigenvalue weighted by molar-refractivity contribution is 0.619. The number of halogens is 3. The molecule has 0 spiro atoms. The van der Waals surface area contributed by atoms with E-state index in [-0.39, 0.29) is 16.6 Å². The lowest BCUT2D eigenvalue weighted by Gasteiger charge is -2.15. The van der Waals surface area contributed by atoms with Crippen LogP contribution < -0.4 is 5.73 Å². The predicted octanol–water partition coefficient (Wildman–Crippen LogP) is 4.15. The van der Waals surface area contributed by atoms with Crippen molar-refractivity contribution >= 4 is 28.9 Å². The Bertz CT molecular complexity index is 346. The summed E-state index contributed by atoms with van der Waals surface area (Å²) in [6, 6.07) is 0. The second kappa shape index (κ2) is 3.95. The standard InChI is InChI=1S/C10H12Cl2FN/c1-4(2)6-8(12)7(11)5(3)9(13)10(6)14/h4H,14H2,1-3H3. The predicted molar refractivity (Wildman–Crippen MR) is 59.7 cm³/mol. The van der Waals surface area contributed by atoms with Gasteiger partial charge in [-0.25, -0.2) is 4.39 Å². The quantitative estimate of drug-likeness (QED) is 0.575. The Hall–Kier alpha value is -0.470. The van der Waals surface area contributed by atoms with Crippen molar-refractivity contribution in [3.05, 3.63) is 27.0 Å². The number of nitrogens with two attached hydrogens (primary N) is 1. The van der Waals surface area contributed by atoms with Crippen molar-refractivity contribution in [2.75, 3.05) is 5.73 Å². The summed E-state index contributed by atoms with van der Waals surface area (Å²) in [6.45, 7) is 5.34. The van der Waals surface area contributed by atoms with Gasteiger partial charge in [-0.15, -0.1) is 0 Å². The van der Waals surface area contributed by atoms with Gasteiger partial charge in [0.25, 0.3) is 0 Å². The minimum absolute atomic E-state index is 0.0510. The van der Waals surface area contributed by atoms with Gasteiger partial charge < -0.3 is 5.73 Å². The smallest absolute Gasteiger partial charge is 0.150 e. The fourth-order valence-corrected chi connectivity index (χ4v) is 2.03. The highest BCUT2D eigenvalue weighted by molar-refractivity contribution is 6.43. The lowest BCUT2D eigenvalue weighted by Crippen LogP contribution is -2.03. The highest BCUT2D eigenvalue weighted by Gasteiger charge is 2.19. The normalized spacial score (nSPS) is 11.1. The minimum atomic E-state index is -0.469. The van der Waals surface area contributed by atoms with Gasteiger partial charge in [-0.3, -0.25) is 0 Å². The van der Waals surface area contributed by atoms with E-state index in [1.54, 1.807) is 6.92 Å². The maximum absolute atomic E-state index is 13.5. The third kappa shape index (κ3) is 1.69. The number of rotatable bonds is 1. The van der Waals surface area contributed by atoms with Gasteiger partial charge in [0.05, 0.1) is 15.7 Å². The van der Waals surface area contributed by atoms with E-state index in [0.29, 0.717) is 16.1 Å². The molecule has 1 nitrogen and oxygen atoms in total. The molecule has 0 unspecified atom stereocenters. The summed E-state index contributed by atoms with van der Waals surface area (Å²) in [7, 11) is 0. The molecule has 0 aromatic heterocycles. The molecule has 0 atom stereocenters. The molecule has 2 N–H and O–H groups in total. The van der Waals surface area contributed by atoms with Crippen molar-refractivity contribution < 1.29 is 4.39 Å². The molecule has 0 aliphatic carbocycles. The summed E-state index contributed by atoms with van der Waals surface area (Å²) in [5, 5.41) is 0.611. The van der Waals surface area contributed by atoms with Crippen molar-refractivity contribution in [1.82, 2.24) is 0 Å². The van der Waals surface area contributed by atoms with Crippen LogP contribution in [0.3, 0.4) is 0 Å². The average Bonchev–Trinajstić information content (AvgIpc) is 2.11. The fraction of sp³-hybridized carbons (Fsp3) is 0.400. The number of nitrogen functional groups attached to an aromatic ring is 1. The van der Waals surface area contributed by atoms with Crippen LogP contribution in [0.4, 0.5) is 10.1 Å². The summed E-state index contributed by atoms with van der Waals surface area (Å²) in [6.07, 6.45) is 0. The maximum Gasteiger partial charge on any atom is 0.150 e. The average molecular weight is 236 g/mol. The van der Waals surface area contributed by atoms with Gasteiger partial charge in [-0.1, -0.05) is 37.0 Å². The zero-order chi connectivity index (χ0) is 11.0. The number of hydrogen-bond acceptors (Lipinski definition) is 1. The van der Waals surface area contributed by atoms with Gasteiger partial charge in [-0.2, -0.15) is 0 Å². The van der Waals surface area contributed by atoms with Crippen LogP contribution in [0.15, 0.2) is 0 Å². The van der Waals surface area contributed by atoms with Crippen molar-refractivity contribution in [2.24, 2.45) is 0 Å². The van der Waals surface area contributed by atoms with E-state index in [9.17, 15) is 4.39 Å². The Labute approximate surface area is 93.0 Å². The number of hydrogen-bond donors (Lipinski definition) is 1. The summed E-state index contributed by atoms with van der Waals surface area (Å²) in [5.74, 6) is -0.418. The van der Waals surface area contributed by atoms with Crippen molar-refractivity contribution in [1.29, 1.82) is 0 Å². The highest BCUT2D eigenvalue weighted by Crippen LogP contribution is 2.39. The van der Waals surface area contributed by atoms with Crippen molar-refractivity contribution in [3.63, 3.8) is 0 Å². The van der Waals surface area contributed by atoms with Gasteiger partial charge in [0.2, 0.25) is 0 Å². The Kier molecular flexibility index (Phi) is 3.28. The van der Waals surface area contributed by atoms with E-state index < -0.39 is 5.82 Å². The summed E-state index contributed by atoms with van der Waals surface area (Å²) in [5.41, 5.74) is 6.63. The number of anilines is 1. The molecule has 1 aromatic carbocycles. The van der Waals surface area contributed by atoms with E-state index in [0.717, 1.165) is 0 Å². The van der Waals surface area contributed by atoms with Crippen molar-refractivity contribution in [2.45, 2.75) is 26.7 Å². The first-order chi connectivity index (χ1) is 6.37. The summed E-state index contributed by atoms with van der Waals surface area (Å²) < 4.78 is 13.5. The first-order valence-corrected chi connectivity index (χ1v) is 5.05. The number of benzene rings is 1. The minimum Gasteiger partial charge on any atom is -0.396 e. The van der Waals surface area contributed by atoms with Crippen molar-refractivity contribution in [3.8, 4) is 0 Å². The molecule has 0 heterocycles. The maximum atomic E-state index is 13.5. The molecule has 0 aliphatic heterocycles. The van der Waals surface area contributed by atoms with E-state index in [1.165, 1.54) is 0 Å². The summed E-state index contributed by atoms with van der Waals surface area (Å²) >= 11 is 11.9. The second-order valence-electron chi connectivity index (χ2n) is 3.55. The monoisotopic (exact) mass is 235 g/mol. The molecule has 78 valence electrons. The lowest BCUT2D eigenvalue weighted by atomic mass is 9.99. The first-order valence-electron chi connectivity index (χ1n) is 4.30. The molecular weight excluding hydrogens is 224 g/mol. The van der Waals surface area contributed by atoms with Gasteiger partial charge in [0, 0.05) is 11.1 Å². The third-order valence-electron chi connectivity index (χ3n) is 2.19. The summed E-state index contributed by atoms with van der Waals surface area (Å²) in [4.78, 5) is 0. The zero-order valence-electron chi connectivity index (χ0n) is 8.29. The van der Waals surface area contributed by atoms with Crippen LogP contribution in [-0.2, 0) is 0 Å². The van der Waals surface area contributed by atoms with Gasteiger partial charge >= 0.3 is 0 Å². The molecule has 0 saturated heterocycles. The topological polar surface area (TPSA) is 26.0 Å². The molecule has 0 aliphatic rings. The van der Waals surface area contributed by atoms with Crippen LogP contribution >= 0.6 is 23.2 Å². The van der Waals surface area contributed by atoms with Crippen LogP contribution in [0, 0.1) is 12.7 Å². The van der Waals surface area contributed by atoms with E-state index in [1.807, 2.05) is 13.8 Å². The molecule has 0 radical (unpaired) electrons. The molecule has 1 aromatic rings. The highest BCUT2D eigenvalue weighted by atomic mass is 35.5. The van der Waals surface area contributed by atoms with Crippen LogP contribution in [0.25, 0.3) is 0 Å². The van der Waals surface area contributed by atoms with Crippen LogP contribution in [0.5, 0.6) is 0 Å². The molecule has 0 fully saturated rings. The van der Waals surface area contributed by atoms with E-state index in [4.69, 9.17) is 28.9 Å². The largest absolute Gasteiger partial charge is 0.396 e. The molecule has 0 bridgehead atoms. The Morgan fingerprint density at radius 3 is 2.14 bits per heavy atom. The molecule has 0 saturated carbocycles. The SMILES string of the molecule is Cc1c(F)c(N)c(C(C)C)c(Cl)c1Cl. The van der Waals surface area contributed by atoms with Gasteiger partial charge in [0.1, 0.15) is 0 Å². The van der Waals surface area contributed by atoms with Gasteiger partial charge in [0.15, 0.2) is 5.82 Å². The molecular formula is C10H12Cl2FN. The second-order valence-corrected chi connectivity index (χ2v) is 4.30. The van der Waals surface area contributed by atoms with Gasteiger partial charge in [-0.05, 0) is 12.8 Å². The molecule has 4 heteroatoms. The first kappa shape index (κ1) is 11.6. The molecule has 14 heavy (non-hydrogen) atoms. The third-order valence-corrected chi connectivity index (χ3v) is 3.15. The van der Waals surface area contributed by atoms with Crippen LogP contribution in [0.2, 0.25) is 10.0 Å². The Morgan fingerprint density at radius 1 is 1.21 bits per heavy atom. The Morgan fingerprint density at radius 2 is 1.71 bits per heavy atom. The Balaban J connectivity index is 3.60. The molecule has 0 amide bonds. The molecule has 1 rings (SSSR count).